The van der Waals surface area contributed by atoms with Crippen LogP contribution < -0.4 is 20.7 Å². The highest BCUT2D eigenvalue weighted by Gasteiger charge is 2.45. The van der Waals surface area contributed by atoms with Gasteiger partial charge < -0.3 is 30.7 Å². The number of halogens is 1. The number of pyridine rings is 1. The first-order valence-electron chi connectivity index (χ1n) is 23.7. The second-order valence-electron chi connectivity index (χ2n) is 19.2. The maximum atomic E-state index is 14.2. The first kappa shape index (κ1) is 51.0. The zero-order valence-electron chi connectivity index (χ0n) is 41.1. The van der Waals surface area contributed by atoms with Gasteiger partial charge >= 0.3 is 0 Å². The number of aliphatic hydroxyl groups is 1. The molecule has 0 spiro atoms. The lowest BCUT2D eigenvalue weighted by Gasteiger charge is -2.35. The summed E-state index contributed by atoms with van der Waals surface area (Å²) in [6.07, 6.45) is 1.98. The summed E-state index contributed by atoms with van der Waals surface area (Å²) in [6.45, 7) is 16.1. The number of fused-ring (bicyclic) bond motifs is 3. The van der Waals surface area contributed by atoms with Gasteiger partial charge in [-0.3, -0.25) is 28.7 Å². The normalized spacial score (nSPS) is 17.4. The molecule has 1 fully saturated rings. The molecule has 2 aliphatic rings. The van der Waals surface area contributed by atoms with Crippen LogP contribution in [0.3, 0.4) is 0 Å². The molecular formula is C52H59ClN10O6S2. The number of hydrogen-bond acceptors (Lipinski definition) is 13. The number of nitrogens with one attached hydrogen (secondary N) is 3. The first-order valence-corrected chi connectivity index (χ1v) is 25.8. The maximum Gasteiger partial charge on any atom is 0.270 e. The van der Waals surface area contributed by atoms with Crippen molar-refractivity contribution in [2.75, 3.05) is 19.7 Å². The van der Waals surface area contributed by atoms with Gasteiger partial charge in [-0.2, -0.15) is 0 Å². The number of nitrogens with zero attached hydrogens (tertiary/aromatic N) is 7. The number of aromatic nitrogens is 5. The quantitative estimate of drug-likeness (QED) is 0.0688. The summed E-state index contributed by atoms with van der Waals surface area (Å²) < 4.78 is 7.94. The molecule has 6 aromatic rings. The SMILES string of the molecule is Cc1ncsc1-c1ccc([C@H](C)NC(=O)[C@@H]2C[C@@H](O)CN2C(=O)[C@@H](NC(=O)c2ccc(OCCCCNC(=O)C[C@@H]3N=C(c4ccc(Cl)cc4)c4c(sc(C)c4C)-n4c(C)nnc43)cn2)C(C)(C)C)cc1. The Morgan fingerprint density at radius 2 is 1.66 bits per heavy atom. The number of likely N-dealkylation sites (tertiary alicyclic amines) is 1. The van der Waals surface area contributed by atoms with E-state index in [2.05, 4.69) is 50.0 Å². The Balaban J connectivity index is 0.816. The van der Waals surface area contributed by atoms with Crippen LogP contribution in [0.25, 0.3) is 15.4 Å². The van der Waals surface area contributed by atoms with E-state index in [9.17, 15) is 24.3 Å². The van der Waals surface area contributed by atoms with Crippen molar-refractivity contribution in [1.29, 1.82) is 0 Å². The van der Waals surface area contributed by atoms with Gasteiger partial charge in [0.05, 0.1) is 53.2 Å². The summed E-state index contributed by atoms with van der Waals surface area (Å²) in [5.41, 5.74) is 7.82. The van der Waals surface area contributed by atoms with Crippen LogP contribution in [-0.4, -0.2) is 102 Å². The van der Waals surface area contributed by atoms with Crippen molar-refractivity contribution in [1.82, 2.24) is 45.6 Å². The third-order valence-corrected chi connectivity index (χ3v) is 15.3. The minimum atomic E-state index is -1.03. The van der Waals surface area contributed by atoms with Crippen molar-refractivity contribution < 1.29 is 29.0 Å². The molecule has 0 aliphatic carbocycles. The Kier molecular flexibility index (Phi) is 15.5. The van der Waals surface area contributed by atoms with Gasteiger partial charge in [-0.1, -0.05) is 68.8 Å². The molecule has 0 radical (unpaired) electrons. The molecule has 16 nitrogen and oxygen atoms in total. The van der Waals surface area contributed by atoms with Crippen LogP contribution in [0.1, 0.15) is 120 Å². The van der Waals surface area contributed by atoms with E-state index in [0.717, 1.165) is 54.9 Å². The number of aryl methyl sites for hydroxylation is 3. The number of benzene rings is 2. The summed E-state index contributed by atoms with van der Waals surface area (Å²) >= 11 is 9.48. The number of aliphatic hydroxyl groups excluding tert-OH is 1. The van der Waals surface area contributed by atoms with E-state index in [1.165, 1.54) is 22.0 Å². The highest BCUT2D eigenvalue weighted by atomic mass is 35.5. The van der Waals surface area contributed by atoms with Crippen LogP contribution in [0.5, 0.6) is 5.75 Å². The molecule has 372 valence electrons. The fourth-order valence-corrected chi connectivity index (χ4v) is 11.0. The number of aliphatic imine (C=N–C) groups is 1. The third kappa shape index (κ3) is 11.4. The van der Waals surface area contributed by atoms with Crippen LogP contribution in [0.4, 0.5) is 0 Å². The molecule has 4 aromatic heterocycles. The number of thiazole rings is 1. The Morgan fingerprint density at radius 3 is 2.34 bits per heavy atom. The van der Waals surface area contributed by atoms with Crippen molar-refractivity contribution in [2.24, 2.45) is 10.4 Å². The summed E-state index contributed by atoms with van der Waals surface area (Å²) in [6, 6.07) is 15.7. The van der Waals surface area contributed by atoms with Crippen molar-refractivity contribution >= 4 is 63.6 Å². The lowest BCUT2D eigenvalue weighted by atomic mass is 9.85. The molecule has 1 saturated heterocycles. The number of amides is 4. The minimum absolute atomic E-state index is 0.0452. The molecule has 19 heteroatoms. The summed E-state index contributed by atoms with van der Waals surface area (Å²) in [7, 11) is 0. The molecule has 6 heterocycles. The third-order valence-electron chi connectivity index (χ3n) is 12.9. The summed E-state index contributed by atoms with van der Waals surface area (Å²) in [4.78, 5) is 72.5. The average Bonchev–Trinajstić information content (AvgIpc) is 4.11. The second kappa shape index (κ2) is 21.6. The Hall–Kier alpha value is -6.34. The molecule has 8 rings (SSSR count). The van der Waals surface area contributed by atoms with Gasteiger partial charge in [-0.25, -0.2) is 9.97 Å². The monoisotopic (exact) mass is 1020 g/mol. The van der Waals surface area contributed by atoms with Gasteiger partial charge in [0, 0.05) is 40.5 Å². The molecular weight excluding hydrogens is 960 g/mol. The molecule has 4 amide bonds. The van der Waals surface area contributed by atoms with Crippen molar-refractivity contribution in [3.8, 4) is 21.2 Å². The molecule has 0 bridgehead atoms. The van der Waals surface area contributed by atoms with Crippen LogP contribution in [0.2, 0.25) is 5.02 Å². The molecule has 0 saturated carbocycles. The van der Waals surface area contributed by atoms with Crippen LogP contribution >= 0.6 is 34.3 Å². The van der Waals surface area contributed by atoms with Gasteiger partial charge in [0.15, 0.2) is 5.82 Å². The van der Waals surface area contributed by atoms with E-state index in [1.54, 1.807) is 28.7 Å². The smallest absolute Gasteiger partial charge is 0.270 e. The van der Waals surface area contributed by atoms with Crippen LogP contribution in [-0.2, 0) is 14.4 Å². The number of rotatable bonds is 16. The van der Waals surface area contributed by atoms with Gasteiger partial charge in [0.25, 0.3) is 5.91 Å². The summed E-state index contributed by atoms with van der Waals surface area (Å²) in [5, 5.41) is 30.1. The number of hydrogen-bond donors (Lipinski definition) is 4. The number of carbonyl (C=O) groups excluding carboxylic acids is 4. The fraction of sp³-hybridized carbons (Fsp3) is 0.404. The van der Waals surface area contributed by atoms with Gasteiger partial charge in [0.1, 0.15) is 40.4 Å². The minimum Gasteiger partial charge on any atom is -0.492 e. The van der Waals surface area contributed by atoms with Crippen molar-refractivity contribution in [3.63, 3.8) is 0 Å². The maximum absolute atomic E-state index is 14.2. The van der Waals surface area contributed by atoms with Crippen LogP contribution in [0.15, 0.2) is 77.4 Å². The van der Waals surface area contributed by atoms with Gasteiger partial charge in [0.2, 0.25) is 17.7 Å². The molecule has 0 unspecified atom stereocenters. The van der Waals surface area contributed by atoms with E-state index in [1.807, 2.05) is 100 Å². The van der Waals surface area contributed by atoms with E-state index in [0.29, 0.717) is 42.6 Å². The van der Waals surface area contributed by atoms with E-state index < -0.39 is 41.5 Å². The zero-order chi connectivity index (χ0) is 50.7. The number of β-amino-alcohol motifs (C(OH)–C–C–N with tert-alkyl or cyclic N) is 1. The molecule has 71 heavy (non-hydrogen) atoms. The molecule has 2 aliphatic heterocycles. The Bertz CT molecular complexity index is 2940. The first-order chi connectivity index (χ1) is 33.9. The number of ether oxygens (including phenoxy) is 1. The molecule has 4 N–H and O–H groups in total. The average molecular weight is 1020 g/mol. The lowest BCUT2D eigenvalue weighted by molar-refractivity contribution is -0.142. The zero-order valence-corrected chi connectivity index (χ0v) is 43.5. The Labute approximate surface area is 426 Å². The van der Waals surface area contributed by atoms with Gasteiger partial charge in [-0.05, 0) is 93.8 Å². The van der Waals surface area contributed by atoms with Gasteiger partial charge in [-0.15, -0.1) is 32.9 Å². The Morgan fingerprint density at radius 1 is 0.930 bits per heavy atom. The highest BCUT2D eigenvalue weighted by molar-refractivity contribution is 7.15. The van der Waals surface area contributed by atoms with E-state index in [4.69, 9.17) is 21.3 Å². The largest absolute Gasteiger partial charge is 0.492 e. The lowest BCUT2D eigenvalue weighted by Crippen LogP contribution is -2.58. The predicted molar refractivity (Wildman–Crippen MR) is 276 cm³/mol. The predicted octanol–water partition coefficient (Wildman–Crippen LogP) is 7.98. The standard InChI is InChI=1S/C52H59ClN10O6S2/c1-28-31(4)71-51-43(28)44(34-15-17-36(53)18-16-34)58-40(47-61-60-32(5)63(47)51)24-42(65)54-21-9-10-22-69-38-19-20-39(55-25-38)48(66)59-46(52(6,7)8)50(68)62-26-37(64)23-41(62)49(67)57-29(2)33-11-13-35(14-12-33)45-30(3)56-27-70-45/h11-20,25,27,29,37,40-41,46,64H,9-10,21-24,26H2,1-8H3,(H,54,65)(H,57,67)(H,59,66)/t29-,37+,40-,41-,46+/m0/s1. The number of thiophene rings is 1. The highest BCUT2D eigenvalue weighted by Crippen LogP contribution is 2.40. The molecule has 5 atom stereocenters. The second-order valence-corrected chi connectivity index (χ2v) is 21.7. The van der Waals surface area contributed by atoms with Crippen LogP contribution in [0, 0.1) is 33.1 Å². The van der Waals surface area contributed by atoms with E-state index >= 15 is 0 Å². The number of unbranched alkanes of at least 4 members (excludes halogenated alkanes) is 1. The number of carbonyl (C=O) groups is 4. The topological polar surface area (TPSA) is 206 Å². The molecule has 2 aromatic carbocycles. The van der Waals surface area contributed by atoms with E-state index in [-0.39, 0.29) is 42.9 Å². The summed E-state index contributed by atoms with van der Waals surface area (Å²) in [5.74, 6) is 0.192. The van der Waals surface area contributed by atoms with Crippen molar-refractivity contribution in [2.45, 2.75) is 111 Å². The van der Waals surface area contributed by atoms with Crippen molar-refractivity contribution in [3.05, 3.63) is 128 Å². The fourth-order valence-electron chi connectivity index (χ4n) is 8.85.